The van der Waals surface area contributed by atoms with Gasteiger partial charge in [0.1, 0.15) is 36.8 Å². The van der Waals surface area contributed by atoms with E-state index in [2.05, 4.69) is 0 Å². The molecule has 12 nitrogen and oxygen atoms in total. The minimum Gasteiger partial charge on any atom is -0.479 e. The Labute approximate surface area is 189 Å². The number of aliphatic hydroxyl groups is 6. The number of ether oxygens (including phenoxy) is 3. The molecule has 0 radical (unpaired) electrons. The van der Waals surface area contributed by atoms with Crippen LogP contribution < -0.4 is 4.74 Å². The highest BCUT2D eigenvalue weighted by Crippen LogP contribution is 2.28. The lowest BCUT2D eigenvalue weighted by Gasteiger charge is -2.39. The van der Waals surface area contributed by atoms with Crippen LogP contribution in [0.2, 0.25) is 0 Å². The van der Waals surface area contributed by atoms with Crippen LogP contribution in [-0.4, -0.2) is 96.7 Å². The smallest absolute Gasteiger partial charge is 0.342 e. The van der Waals surface area contributed by atoms with Gasteiger partial charge < -0.3 is 50.0 Å². The molecule has 33 heavy (non-hydrogen) atoms. The molecule has 1 aromatic rings. The van der Waals surface area contributed by atoms with Crippen LogP contribution in [0.1, 0.15) is 25.8 Å². The number of hydrogen-bond acceptors (Lipinski definition) is 11. The third-order valence-electron chi connectivity index (χ3n) is 5.74. The standard InChI is InChI=1S/C21H30O12/c1-3-10(2)21(30,17(26)18(27)28)20(29)31-9-11-4-6-12(7-5-11)32-19-16(25)15(24)14(23)13(8-22)33-19/h4-7,10,13-17,19,22-26,30H,3,8-9H2,1-2H3,(H,27,28). The molecule has 0 spiro atoms. The predicted octanol–water partition coefficient (Wildman–Crippen LogP) is -1.87. The van der Waals surface area contributed by atoms with Crippen molar-refractivity contribution in [2.75, 3.05) is 6.61 Å². The average Bonchev–Trinajstić information content (AvgIpc) is 2.81. The van der Waals surface area contributed by atoms with E-state index < -0.39 is 66.9 Å². The molecule has 1 saturated heterocycles. The summed E-state index contributed by atoms with van der Waals surface area (Å²) < 4.78 is 15.8. The molecule has 0 aliphatic carbocycles. The number of carboxylic acid groups (broad SMARTS) is 1. The lowest BCUT2D eigenvalue weighted by Crippen LogP contribution is -2.60. The van der Waals surface area contributed by atoms with E-state index in [1.807, 2.05) is 0 Å². The van der Waals surface area contributed by atoms with Crippen LogP contribution >= 0.6 is 0 Å². The number of aliphatic carboxylic acids is 1. The van der Waals surface area contributed by atoms with Gasteiger partial charge in [-0.2, -0.15) is 0 Å². The summed E-state index contributed by atoms with van der Waals surface area (Å²) in [5, 5.41) is 68.3. The van der Waals surface area contributed by atoms with Gasteiger partial charge in [0.15, 0.2) is 6.10 Å². The minimum atomic E-state index is -2.63. The van der Waals surface area contributed by atoms with Gasteiger partial charge in [0.25, 0.3) is 0 Å². The predicted molar refractivity (Wildman–Crippen MR) is 109 cm³/mol. The van der Waals surface area contributed by atoms with Gasteiger partial charge >= 0.3 is 11.9 Å². The van der Waals surface area contributed by atoms with E-state index in [0.717, 1.165) is 0 Å². The third-order valence-corrected chi connectivity index (χ3v) is 5.74. The Bertz CT molecular complexity index is 797. The number of benzene rings is 1. The first kappa shape index (κ1) is 26.9. The fourth-order valence-corrected chi connectivity index (χ4v) is 3.31. The van der Waals surface area contributed by atoms with Gasteiger partial charge in [-0.25, -0.2) is 9.59 Å². The third kappa shape index (κ3) is 5.79. The average molecular weight is 474 g/mol. The first-order valence-corrected chi connectivity index (χ1v) is 10.3. The summed E-state index contributed by atoms with van der Waals surface area (Å²) in [5.74, 6) is -3.75. The molecule has 1 aliphatic rings. The van der Waals surface area contributed by atoms with Crippen LogP contribution in [0.4, 0.5) is 0 Å². The number of esters is 1. The summed E-state index contributed by atoms with van der Waals surface area (Å²) in [6.45, 7) is 2.09. The van der Waals surface area contributed by atoms with Crippen LogP contribution in [0, 0.1) is 5.92 Å². The first-order chi connectivity index (χ1) is 15.5. The van der Waals surface area contributed by atoms with E-state index in [0.29, 0.717) is 5.56 Å². The Morgan fingerprint density at radius 2 is 1.73 bits per heavy atom. The highest BCUT2D eigenvalue weighted by Gasteiger charge is 2.52. The van der Waals surface area contributed by atoms with Crippen molar-refractivity contribution in [3.63, 3.8) is 0 Å². The van der Waals surface area contributed by atoms with Gasteiger partial charge in [-0.05, 0) is 23.6 Å². The molecule has 0 aromatic heterocycles. The molecule has 8 unspecified atom stereocenters. The molecular formula is C21H30O12. The van der Waals surface area contributed by atoms with E-state index >= 15 is 0 Å². The van der Waals surface area contributed by atoms with Gasteiger partial charge in [0.05, 0.1) is 6.61 Å². The maximum absolute atomic E-state index is 12.4. The van der Waals surface area contributed by atoms with E-state index in [-0.39, 0.29) is 18.8 Å². The van der Waals surface area contributed by atoms with E-state index in [9.17, 15) is 40.2 Å². The van der Waals surface area contributed by atoms with E-state index in [1.54, 1.807) is 6.92 Å². The lowest BCUT2D eigenvalue weighted by atomic mass is 9.82. The molecule has 8 atom stereocenters. The quantitative estimate of drug-likeness (QED) is 0.186. The Kier molecular flexibility index (Phi) is 9.14. The summed E-state index contributed by atoms with van der Waals surface area (Å²) in [6, 6.07) is 5.81. The second-order valence-electron chi connectivity index (χ2n) is 7.91. The normalized spacial score (nSPS) is 28.9. The first-order valence-electron chi connectivity index (χ1n) is 10.3. The van der Waals surface area contributed by atoms with Crippen molar-refractivity contribution < 1.29 is 59.5 Å². The van der Waals surface area contributed by atoms with Crippen molar-refractivity contribution in [3.8, 4) is 5.75 Å². The monoisotopic (exact) mass is 474 g/mol. The number of rotatable bonds is 10. The fraction of sp³-hybridized carbons (Fsp3) is 0.619. The topological polar surface area (TPSA) is 203 Å². The molecule has 0 saturated carbocycles. The van der Waals surface area contributed by atoms with Crippen molar-refractivity contribution >= 4 is 11.9 Å². The Morgan fingerprint density at radius 3 is 2.24 bits per heavy atom. The Hall–Kier alpha value is -2.32. The molecule has 2 rings (SSSR count). The zero-order chi connectivity index (χ0) is 24.9. The van der Waals surface area contributed by atoms with Crippen molar-refractivity contribution in [1.82, 2.24) is 0 Å². The Morgan fingerprint density at radius 1 is 1.12 bits per heavy atom. The van der Waals surface area contributed by atoms with Gasteiger partial charge in [-0.15, -0.1) is 0 Å². The summed E-state index contributed by atoms with van der Waals surface area (Å²) >= 11 is 0. The maximum Gasteiger partial charge on any atom is 0.342 e. The van der Waals surface area contributed by atoms with Crippen LogP contribution in [0.3, 0.4) is 0 Å². The molecule has 186 valence electrons. The number of hydrogen-bond donors (Lipinski definition) is 7. The molecule has 7 N–H and O–H groups in total. The highest BCUT2D eigenvalue weighted by atomic mass is 16.7. The molecule has 1 aromatic carbocycles. The van der Waals surface area contributed by atoms with Gasteiger partial charge in [0.2, 0.25) is 11.9 Å². The van der Waals surface area contributed by atoms with E-state index in [1.165, 1.54) is 31.2 Å². The van der Waals surface area contributed by atoms with E-state index in [4.69, 9.17) is 19.3 Å². The van der Waals surface area contributed by atoms with Crippen LogP contribution in [0.15, 0.2) is 24.3 Å². The molecule has 0 amide bonds. The molecule has 1 aliphatic heterocycles. The second-order valence-corrected chi connectivity index (χ2v) is 7.91. The zero-order valence-electron chi connectivity index (χ0n) is 18.1. The number of carbonyl (C=O) groups is 2. The SMILES string of the molecule is CCC(C)C(O)(C(=O)OCc1ccc(OC2OC(CO)C(O)C(O)C2O)cc1)C(O)C(=O)O. The van der Waals surface area contributed by atoms with Crippen molar-refractivity contribution in [3.05, 3.63) is 29.8 Å². The van der Waals surface area contributed by atoms with Gasteiger partial charge in [0, 0.05) is 0 Å². The van der Waals surface area contributed by atoms with Crippen molar-refractivity contribution in [2.45, 2.75) is 69.3 Å². The summed E-state index contributed by atoms with van der Waals surface area (Å²) in [6.07, 6.45) is -9.35. The van der Waals surface area contributed by atoms with Crippen molar-refractivity contribution in [1.29, 1.82) is 0 Å². The highest BCUT2D eigenvalue weighted by molar-refractivity contribution is 5.88. The van der Waals surface area contributed by atoms with Gasteiger partial charge in [-0.1, -0.05) is 32.4 Å². The zero-order valence-corrected chi connectivity index (χ0v) is 18.1. The molecule has 1 fully saturated rings. The minimum absolute atomic E-state index is 0.187. The fourth-order valence-electron chi connectivity index (χ4n) is 3.31. The van der Waals surface area contributed by atoms with Crippen LogP contribution in [0.25, 0.3) is 0 Å². The Balaban J connectivity index is 2.03. The summed E-state index contributed by atoms with van der Waals surface area (Å²) in [5.41, 5.74) is -2.20. The summed E-state index contributed by atoms with van der Waals surface area (Å²) in [7, 11) is 0. The largest absolute Gasteiger partial charge is 0.479 e. The maximum atomic E-state index is 12.4. The van der Waals surface area contributed by atoms with Crippen LogP contribution in [-0.2, 0) is 25.7 Å². The number of aliphatic hydroxyl groups excluding tert-OH is 5. The molecular weight excluding hydrogens is 444 g/mol. The van der Waals surface area contributed by atoms with Crippen LogP contribution in [0.5, 0.6) is 5.75 Å². The molecule has 1 heterocycles. The number of carbonyl (C=O) groups excluding carboxylic acids is 1. The lowest BCUT2D eigenvalue weighted by molar-refractivity contribution is -0.277. The molecule has 12 heteroatoms. The second kappa shape index (κ2) is 11.2. The summed E-state index contributed by atoms with van der Waals surface area (Å²) in [4.78, 5) is 23.6. The number of carboxylic acids is 1. The molecule has 0 bridgehead atoms. The van der Waals surface area contributed by atoms with Crippen molar-refractivity contribution in [2.24, 2.45) is 5.92 Å². The van der Waals surface area contributed by atoms with Gasteiger partial charge in [-0.3, -0.25) is 0 Å².